The summed E-state index contributed by atoms with van der Waals surface area (Å²) >= 11 is 0. The number of likely N-dealkylation sites (tertiary alicyclic amines) is 2. The number of para-hydroxylation sites is 4. The van der Waals surface area contributed by atoms with Crippen LogP contribution in [0.15, 0.2) is 170 Å². The van der Waals surface area contributed by atoms with E-state index in [1.165, 1.54) is 24.3 Å². The minimum absolute atomic E-state index is 0.368. The monoisotopic (exact) mass is 862 g/mol. The van der Waals surface area contributed by atoms with E-state index in [1.807, 2.05) is 72.8 Å². The topological polar surface area (TPSA) is 65.6 Å². The number of halogens is 2. The van der Waals surface area contributed by atoms with Gasteiger partial charge in [-0.2, -0.15) is 0 Å². The standard InChI is InChI=1S/C54H56F2N4O4/c55-45-19-13-17-43(41-45)53(29-37-57(38-30-53)33-15-35-59(47-21-5-1-6-22-47)48-23-7-2-8-24-48)63-51(61)52(62)64-54(44-18-14-20-46(56)42-44)31-39-58(40-32-54)34-16-36-60(49-25-9-3-10-26-49)50-27-11-4-12-28-50/h1-14,17-28,41-42H,15-16,29-40H2. The summed E-state index contributed by atoms with van der Waals surface area (Å²) in [5.41, 5.74) is 2.99. The van der Waals surface area contributed by atoms with E-state index in [4.69, 9.17) is 9.47 Å². The average Bonchev–Trinajstić information content (AvgIpc) is 3.34. The van der Waals surface area contributed by atoms with E-state index in [9.17, 15) is 18.4 Å². The molecule has 6 aromatic carbocycles. The number of rotatable bonds is 16. The fourth-order valence-corrected chi connectivity index (χ4v) is 9.31. The summed E-state index contributed by atoms with van der Waals surface area (Å²) in [5, 5.41) is 0. The number of nitrogens with zero attached hydrogens (tertiary/aromatic N) is 4. The summed E-state index contributed by atoms with van der Waals surface area (Å²) < 4.78 is 42.0. The minimum atomic E-state index is -1.24. The lowest BCUT2D eigenvalue weighted by Crippen LogP contribution is -2.49. The molecule has 10 heteroatoms. The van der Waals surface area contributed by atoms with E-state index < -0.39 is 34.8 Å². The third-order valence-corrected chi connectivity index (χ3v) is 12.8. The van der Waals surface area contributed by atoms with Gasteiger partial charge in [0.1, 0.15) is 22.8 Å². The molecule has 0 aromatic heterocycles. The molecule has 0 aliphatic carbocycles. The van der Waals surface area contributed by atoms with Crippen molar-refractivity contribution < 1.29 is 27.8 Å². The zero-order chi connectivity index (χ0) is 44.2. The second kappa shape index (κ2) is 20.9. The van der Waals surface area contributed by atoms with Gasteiger partial charge in [-0.15, -0.1) is 0 Å². The molecule has 0 amide bonds. The highest BCUT2D eigenvalue weighted by Gasteiger charge is 2.45. The molecule has 2 saturated heterocycles. The molecule has 8 nitrogen and oxygen atoms in total. The van der Waals surface area contributed by atoms with Gasteiger partial charge in [-0.25, -0.2) is 18.4 Å². The maximum Gasteiger partial charge on any atom is 0.418 e. The van der Waals surface area contributed by atoms with Crippen LogP contribution >= 0.6 is 0 Å². The molecule has 64 heavy (non-hydrogen) atoms. The normalized spacial score (nSPS) is 16.1. The summed E-state index contributed by atoms with van der Waals surface area (Å²) in [5.74, 6) is -3.19. The number of piperidine rings is 2. The third-order valence-electron chi connectivity index (χ3n) is 12.8. The number of benzene rings is 6. The summed E-state index contributed by atoms with van der Waals surface area (Å²) in [7, 11) is 0. The maximum absolute atomic E-state index is 14.8. The van der Waals surface area contributed by atoms with E-state index in [1.54, 1.807) is 24.3 Å². The summed E-state index contributed by atoms with van der Waals surface area (Å²) in [6.45, 7) is 5.51. The number of carbonyl (C=O) groups excluding carboxylic acids is 2. The first-order chi connectivity index (χ1) is 31.3. The van der Waals surface area contributed by atoms with Crippen LogP contribution in [-0.4, -0.2) is 74.1 Å². The van der Waals surface area contributed by atoms with Crippen molar-refractivity contribution in [1.82, 2.24) is 9.80 Å². The van der Waals surface area contributed by atoms with E-state index in [0.717, 1.165) is 61.8 Å². The average molecular weight is 863 g/mol. The number of hydrogen-bond donors (Lipinski definition) is 0. The first-order valence-corrected chi connectivity index (χ1v) is 22.5. The lowest BCUT2D eigenvalue weighted by atomic mass is 9.83. The fraction of sp³-hybridized carbons (Fsp3) is 0.296. The van der Waals surface area contributed by atoms with Gasteiger partial charge in [-0.1, -0.05) is 97.1 Å². The predicted molar refractivity (Wildman–Crippen MR) is 249 cm³/mol. The molecule has 330 valence electrons. The van der Waals surface area contributed by atoms with E-state index in [-0.39, 0.29) is 0 Å². The second-order valence-corrected chi connectivity index (χ2v) is 16.8. The molecule has 2 aliphatic heterocycles. The Hall–Kier alpha value is -6.36. The van der Waals surface area contributed by atoms with Crippen LogP contribution in [0.3, 0.4) is 0 Å². The quantitative estimate of drug-likeness (QED) is 0.0704. The lowest BCUT2D eigenvalue weighted by molar-refractivity contribution is -0.193. The van der Waals surface area contributed by atoms with E-state index >= 15 is 0 Å². The smallest absolute Gasteiger partial charge is 0.418 e. The highest BCUT2D eigenvalue weighted by atomic mass is 19.1. The van der Waals surface area contributed by atoms with Crippen LogP contribution in [0.1, 0.15) is 49.7 Å². The van der Waals surface area contributed by atoms with Crippen LogP contribution in [-0.2, 0) is 30.3 Å². The molecule has 6 aromatic rings. The van der Waals surface area contributed by atoms with Crippen molar-refractivity contribution >= 4 is 34.7 Å². The van der Waals surface area contributed by atoms with Crippen LogP contribution in [0.25, 0.3) is 0 Å². The Morgan fingerprint density at radius 3 is 1.06 bits per heavy atom. The largest absolute Gasteiger partial charge is 0.446 e. The van der Waals surface area contributed by atoms with Gasteiger partial charge >= 0.3 is 11.9 Å². The zero-order valence-corrected chi connectivity index (χ0v) is 36.2. The Balaban J connectivity index is 0.912. The molecule has 8 rings (SSSR count). The molecule has 0 atom stereocenters. The van der Waals surface area contributed by atoms with Crippen LogP contribution in [0.5, 0.6) is 0 Å². The Labute approximate surface area is 375 Å². The highest BCUT2D eigenvalue weighted by molar-refractivity contribution is 6.30. The molecule has 0 unspecified atom stereocenters. The first kappa shape index (κ1) is 44.3. The van der Waals surface area contributed by atoms with E-state index in [0.29, 0.717) is 63.0 Å². The lowest BCUT2D eigenvalue weighted by Gasteiger charge is -2.43. The summed E-state index contributed by atoms with van der Waals surface area (Å²) in [6, 6.07) is 53.4. The van der Waals surface area contributed by atoms with Crippen molar-refractivity contribution in [2.75, 3.05) is 62.2 Å². The van der Waals surface area contributed by atoms with Gasteiger partial charge in [0.05, 0.1) is 0 Å². The van der Waals surface area contributed by atoms with Crippen molar-refractivity contribution in [3.05, 3.63) is 193 Å². The zero-order valence-electron chi connectivity index (χ0n) is 36.2. The predicted octanol–water partition coefficient (Wildman–Crippen LogP) is 10.8. The first-order valence-electron chi connectivity index (χ1n) is 22.5. The summed E-state index contributed by atoms with van der Waals surface area (Å²) in [4.78, 5) is 37.2. The van der Waals surface area contributed by atoms with Gasteiger partial charge in [0.25, 0.3) is 0 Å². The van der Waals surface area contributed by atoms with Crippen LogP contribution < -0.4 is 9.80 Å². The molecule has 0 saturated carbocycles. The Morgan fingerprint density at radius 2 is 0.766 bits per heavy atom. The second-order valence-electron chi connectivity index (χ2n) is 16.8. The number of esters is 2. The van der Waals surface area contributed by atoms with Crippen LogP contribution in [0.4, 0.5) is 31.5 Å². The Kier molecular flexibility index (Phi) is 14.4. The molecule has 2 aliphatic rings. The van der Waals surface area contributed by atoms with Gasteiger partial charge in [-0.05, 0) is 110 Å². The van der Waals surface area contributed by atoms with Crippen molar-refractivity contribution in [2.24, 2.45) is 0 Å². The van der Waals surface area contributed by atoms with Crippen molar-refractivity contribution in [3.63, 3.8) is 0 Å². The number of hydrogen-bond acceptors (Lipinski definition) is 8. The molecular formula is C54H56F2N4O4. The van der Waals surface area contributed by atoms with Crippen molar-refractivity contribution in [3.8, 4) is 0 Å². The van der Waals surface area contributed by atoms with Crippen molar-refractivity contribution in [1.29, 1.82) is 0 Å². The van der Waals surface area contributed by atoms with E-state index in [2.05, 4.69) is 68.1 Å². The SMILES string of the molecule is O=C(OC1(c2cccc(F)c2)CCN(CCCN(c2ccccc2)c2ccccc2)CC1)C(=O)OC1(c2cccc(F)c2)CCN(CCCN(c2ccccc2)c2ccccc2)CC1. The molecular weight excluding hydrogens is 807 g/mol. The van der Waals surface area contributed by atoms with Gasteiger partial charge < -0.3 is 29.1 Å². The van der Waals surface area contributed by atoms with Crippen LogP contribution in [0.2, 0.25) is 0 Å². The molecule has 0 bridgehead atoms. The fourth-order valence-electron chi connectivity index (χ4n) is 9.31. The maximum atomic E-state index is 14.8. The number of anilines is 4. The Morgan fingerprint density at radius 1 is 0.453 bits per heavy atom. The third kappa shape index (κ3) is 10.9. The number of carbonyl (C=O) groups is 2. The van der Waals surface area contributed by atoms with Crippen molar-refractivity contribution in [2.45, 2.75) is 49.7 Å². The van der Waals surface area contributed by atoms with Gasteiger partial charge in [0, 0.05) is 87.7 Å². The summed E-state index contributed by atoms with van der Waals surface area (Å²) in [6.07, 6.45) is 3.22. The molecule has 2 fully saturated rings. The van der Waals surface area contributed by atoms with Crippen LogP contribution in [0, 0.1) is 11.6 Å². The number of ether oxygens (including phenoxy) is 2. The molecule has 0 N–H and O–H groups in total. The molecule has 0 spiro atoms. The van der Waals surface area contributed by atoms with Gasteiger partial charge in [0.2, 0.25) is 0 Å². The van der Waals surface area contributed by atoms with Gasteiger partial charge in [-0.3, -0.25) is 0 Å². The highest BCUT2D eigenvalue weighted by Crippen LogP contribution is 2.40. The molecule has 0 radical (unpaired) electrons. The minimum Gasteiger partial charge on any atom is -0.446 e. The molecule has 2 heterocycles. The van der Waals surface area contributed by atoms with Gasteiger partial charge in [0.15, 0.2) is 0 Å². The Bertz CT molecular complexity index is 2160.